The molecule has 0 bridgehead atoms. The summed E-state index contributed by atoms with van der Waals surface area (Å²) in [6.07, 6.45) is 0. The van der Waals surface area contributed by atoms with Gasteiger partial charge in [-0.1, -0.05) is 24.3 Å². The van der Waals surface area contributed by atoms with Gasteiger partial charge >= 0.3 is 0 Å². The second kappa shape index (κ2) is 9.36. The molecular weight excluding hydrogens is 396 g/mol. The molecule has 1 unspecified atom stereocenters. The van der Waals surface area contributed by atoms with Gasteiger partial charge in [-0.05, 0) is 50.1 Å². The highest BCUT2D eigenvalue weighted by Gasteiger charge is 2.24. The molecule has 0 saturated heterocycles. The zero-order valence-corrected chi connectivity index (χ0v) is 19.0. The average Bonchev–Trinajstić information content (AvgIpc) is 3.14. The van der Waals surface area contributed by atoms with Crippen molar-refractivity contribution in [2.24, 2.45) is 0 Å². The maximum atomic E-state index is 12.7. The van der Waals surface area contributed by atoms with Crippen molar-refractivity contribution in [2.75, 3.05) is 32.5 Å². The fraction of sp³-hybridized carbons (Fsp3) is 0.348. The molecule has 7 heteroatoms. The number of hydrogen-bond acceptors (Lipinski definition) is 4. The Hall–Kier alpha value is -2.77. The highest BCUT2D eigenvalue weighted by atomic mass is 32.1. The maximum Gasteiger partial charge on any atom is 0.277 e. The third kappa shape index (κ3) is 5.23. The lowest BCUT2D eigenvalue weighted by atomic mass is 10.1. The van der Waals surface area contributed by atoms with Gasteiger partial charge in [-0.2, -0.15) is 0 Å². The van der Waals surface area contributed by atoms with Gasteiger partial charge in [0.25, 0.3) is 5.91 Å². The first kappa shape index (κ1) is 21.9. The Labute approximate surface area is 181 Å². The monoisotopic (exact) mass is 425 g/mol. The molecule has 0 radical (unpaired) electrons. The Balaban J connectivity index is 1.56. The minimum absolute atomic E-state index is 0.0228. The molecule has 30 heavy (non-hydrogen) atoms. The van der Waals surface area contributed by atoms with Crippen LogP contribution < -0.4 is 10.2 Å². The van der Waals surface area contributed by atoms with E-state index < -0.39 is 0 Å². The van der Waals surface area contributed by atoms with Crippen molar-refractivity contribution in [3.05, 3.63) is 58.6 Å². The van der Waals surface area contributed by atoms with Crippen molar-refractivity contribution in [1.29, 1.82) is 0 Å². The zero-order valence-electron chi connectivity index (χ0n) is 18.2. The number of anilines is 1. The summed E-state index contributed by atoms with van der Waals surface area (Å²) in [5.41, 5.74) is 3.85. The first-order valence-electron chi connectivity index (χ1n) is 10.0. The van der Waals surface area contributed by atoms with Crippen LogP contribution in [0.1, 0.15) is 29.1 Å². The van der Waals surface area contributed by atoms with Crippen molar-refractivity contribution in [3.63, 3.8) is 0 Å². The van der Waals surface area contributed by atoms with E-state index >= 15 is 0 Å². The largest absolute Gasteiger partial charge is 0.332 e. The number of aromatic nitrogens is 1. The number of benzene rings is 2. The van der Waals surface area contributed by atoms with Crippen LogP contribution in [0.5, 0.6) is 0 Å². The first-order valence-corrected chi connectivity index (χ1v) is 10.8. The van der Waals surface area contributed by atoms with Gasteiger partial charge in [0.05, 0.1) is 23.8 Å². The van der Waals surface area contributed by atoms with Crippen molar-refractivity contribution in [2.45, 2.75) is 26.8 Å². The second-order valence-corrected chi connectivity index (χ2v) is 8.94. The summed E-state index contributed by atoms with van der Waals surface area (Å²) >= 11 is 1.66. The Morgan fingerprint density at radius 2 is 1.93 bits per heavy atom. The van der Waals surface area contributed by atoms with Crippen LogP contribution >= 0.6 is 11.3 Å². The van der Waals surface area contributed by atoms with Crippen molar-refractivity contribution < 1.29 is 14.5 Å². The van der Waals surface area contributed by atoms with Crippen molar-refractivity contribution >= 4 is 39.1 Å². The number of nitrogens with one attached hydrogen (secondary N) is 2. The quantitative estimate of drug-likeness (QED) is 0.612. The van der Waals surface area contributed by atoms with Gasteiger partial charge in [-0.3, -0.25) is 9.59 Å². The molecule has 0 aliphatic carbocycles. The maximum absolute atomic E-state index is 12.7. The molecule has 3 aromatic rings. The summed E-state index contributed by atoms with van der Waals surface area (Å²) < 4.78 is 1.15. The van der Waals surface area contributed by atoms with E-state index in [2.05, 4.69) is 18.3 Å². The molecule has 0 aliphatic rings. The van der Waals surface area contributed by atoms with Crippen LogP contribution in [0, 0.1) is 13.8 Å². The van der Waals surface area contributed by atoms with Crippen molar-refractivity contribution in [3.8, 4) is 0 Å². The molecule has 0 aliphatic heterocycles. The van der Waals surface area contributed by atoms with E-state index in [9.17, 15) is 9.59 Å². The Morgan fingerprint density at radius 3 is 2.67 bits per heavy atom. The molecule has 158 valence electrons. The minimum Gasteiger partial charge on any atom is -0.332 e. The third-order valence-corrected chi connectivity index (χ3v) is 6.54. The predicted molar refractivity (Wildman–Crippen MR) is 122 cm³/mol. The number of carbonyl (C=O) groups is 2. The molecule has 0 saturated carbocycles. The lowest BCUT2D eigenvalue weighted by Crippen LogP contribution is -3.10. The topological polar surface area (TPSA) is 66.7 Å². The lowest BCUT2D eigenvalue weighted by molar-refractivity contribution is -0.902. The van der Waals surface area contributed by atoms with E-state index in [0.717, 1.165) is 36.9 Å². The number of quaternary nitrogens is 1. The Morgan fingerprint density at radius 1 is 1.20 bits per heavy atom. The SMILES string of the molecule is Cc1ccc(C)c(NC(=O)CN(C)C(=O)C[NH+](C)[C@H](C)c2nc3ccccc3s2)c1. The van der Waals surface area contributed by atoms with Gasteiger partial charge in [-0.25, -0.2) is 4.98 Å². The normalized spacial score (nSPS) is 13.1. The Kier molecular flexibility index (Phi) is 6.84. The fourth-order valence-corrected chi connectivity index (χ4v) is 4.29. The lowest BCUT2D eigenvalue weighted by Gasteiger charge is -2.23. The van der Waals surface area contributed by atoms with Crippen molar-refractivity contribution in [1.82, 2.24) is 9.88 Å². The molecule has 2 amide bonds. The van der Waals surface area contributed by atoms with Crippen LogP contribution in [-0.4, -0.2) is 48.9 Å². The van der Waals surface area contributed by atoms with Gasteiger partial charge in [0, 0.05) is 12.7 Å². The molecule has 3 rings (SSSR count). The fourth-order valence-electron chi connectivity index (χ4n) is 3.18. The summed E-state index contributed by atoms with van der Waals surface area (Å²) in [4.78, 5) is 32.3. The number of fused-ring (bicyclic) bond motifs is 1. The predicted octanol–water partition coefficient (Wildman–Crippen LogP) is 2.59. The first-order chi connectivity index (χ1) is 14.2. The van der Waals surface area contributed by atoms with Gasteiger partial charge < -0.3 is 15.1 Å². The molecule has 0 fully saturated rings. The Bertz CT molecular complexity index is 1030. The minimum atomic E-state index is -0.198. The van der Waals surface area contributed by atoms with E-state index in [4.69, 9.17) is 4.98 Å². The highest BCUT2D eigenvalue weighted by Crippen LogP contribution is 2.24. The molecule has 2 N–H and O–H groups in total. The number of carbonyl (C=O) groups excluding carboxylic acids is 2. The van der Waals surface area contributed by atoms with E-state index in [1.807, 2.05) is 57.3 Å². The van der Waals surface area contributed by atoms with Gasteiger partial charge in [0.2, 0.25) is 5.91 Å². The van der Waals surface area contributed by atoms with Crippen LogP contribution in [-0.2, 0) is 9.59 Å². The van der Waals surface area contributed by atoms with Gasteiger partial charge in [-0.15, -0.1) is 11.3 Å². The molecule has 2 atom stereocenters. The number of rotatable bonds is 7. The summed E-state index contributed by atoms with van der Waals surface area (Å²) in [6, 6.07) is 14.1. The summed E-state index contributed by atoms with van der Waals surface area (Å²) in [7, 11) is 3.65. The van der Waals surface area contributed by atoms with Gasteiger partial charge in [0.1, 0.15) is 6.04 Å². The molecule has 1 heterocycles. The third-order valence-electron chi connectivity index (χ3n) is 5.32. The number of hydrogen-bond donors (Lipinski definition) is 2. The molecule has 0 spiro atoms. The zero-order chi connectivity index (χ0) is 21.8. The summed E-state index contributed by atoms with van der Waals surface area (Å²) in [6.45, 7) is 6.33. The van der Waals surface area contributed by atoms with E-state index in [0.29, 0.717) is 6.54 Å². The number of para-hydroxylation sites is 1. The molecule has 2 aromatic carbocycles. The number of likely N-dealkylation sites (N-methyl/N-ethyl adjacent to an activating group) is 2. The number of nitrogens with zero attached hydrogens (tertiary/aromatic N) is 2. The second-order valence-electron chi connectivity index (χ2n) is 7.88. The smallest absolute Gasteiger partial charge is 0.277 e. The number of thiazole rings is 1. The highest BCUT2D eigenvalue weighted by molar-refractivity contribution is 7.18. The van der Waals surface area contributed by atoms with Crippen LogP contribution in [0.15, 0.2) is 42.5 Å². The van der Waals surface area contributed by atoms with Crippen LogP contribution in [0.2, 0.25) is 0 Å². The summed E-state index contributed by atoms with van der Waals surface area (Å²) in [5.74, 6) is -0.270. The van der Waals surface area contributed by atoms with E-state index in [1.54, 1.807) is 18.4 Å². The standard InChI is InChI=1S/C23H28N4O2S/c1-15-10-11-16(2)19(12-15)24-21(28)13-27(5)22(29)14-26(4)17(3)23-25-18-8-6-7-9-20(18)30-23/h6-12,17H,13-14H2,1-5H3,(H,24,28)/p+1/t17-/m1/s1. The van der Waals surface area contributed by atoms with E-state index in [1.165, 1.54) is 4.90 Å². The van der Waals surface area contributed by atoms with Gasteiger partial charge in [0.15, 0.2) is 11.6 Å². The number of aryl methyl sites for hydroxylation is 2. The molecular formula is C23H29N4O2S+. The molecule has 1 aromatic heterocycles. The molecule has 6 nitrogen and oxygen atoms in total. The number of amides is 2. The van der Waals surface area contributed by atoms with E-state index in [-0.39, 0.29) is 24.4 Å². The summed E-state index contributed by atoms with van der Waals surface area (Å²) in [5, 5.41) is 3.92. The van der Waals surface area contributed by atoms with Crippen LogP contribution in [0.4, 0.5) is 5.69 Å². The average molecular weight is 426 g/mol. The van der Waals surface area contributed by atoms with Crippen LogP contribution in [0.3, 0.4) is 0 Å². The van der Waals surface area contributed by atoms with Crippen LogP contribution in [0.25, 0.3) is 10.2 Å².